The van der Waals surface area contributed by atoms with Gasteiger partial charge in [-0.3, -0.25) is 0 Å². The first-order valence-corrected chi connectivity index (χ1v) is 5.12. The molecule has 16 heavy (non-hydrogen) atoms. The molecule has 0 saturated heterocycles. The van der Waals surface area contributed by atoms with Crippen LogP contribution in [0.25, 0.3) is 0 Å². The van der Waals surface area contributed by atoms with Crippen LogP contribution >= 0.6 is 0 Å². The van der Waals surface area contributed by atoms with E-state index in [-0.39, 0.29) is 6.03 Å². The molecule has 2 N–H and O–H groups in total. The summed E-state index contributed by atoms with van der Waals surface area (Å²) in [5.74, 6) is 0. The van der Waals surface area contributed by atoms with Gasteiger partial charge in [0, 0.05) is 12.2 Å². The lowest BCUT2D eigenvalue weighted by atomic mass is 10.1. The van der Waals surface area contributed by atoms with E-state index in [1.807, 2.05) is 38.1 Å². The van der Waals surface area contributed by atoms with Gasteiger partial charge in [0.15, 0.2) is 0 Å². The topological polar surface area (TPSA) is 64.9 Å². The first-order chi connectivity index (χ1) is 7.63. The van der Waals surface area contributed by atoms with Crippen LogP contribution in [0.3, 0.4) is 0 Å². The lowest BCUT2D eigenvalue weighted by molar-refractivity contribution is 0.252. The van der Waals surface area contributed by atoms with Gasteiger partial charge in [0.1, 0.15) is 0 Å². The van der Waals surface area contributed by atoms with Gasteiger partial charge in [-0.05, 0) is 37.1 Å². The fourth-order valence-electron chi connectivity index (χ4n) is 1.23. The maximum atomic E-state index is 11.4. The van der Waals surface area contributed by atoms with Crippen molar-refractivity contribution in [2.45, 2.75) is 20.3 Å². The molecule has 0 aliphatic heterocycles. The Hall–Kier alpha value is -2.02. The van der Waals surface area contributed by atoms with E-state index < -0.39 is 0 Å². The molecular formula is C12H15N3O. The second-order valence-electron chi connectivity index (χ2n) is 3.59. The average molecular weight is 217 g/mol. The summed E-state index contributed by atoms with van der Waals surface area (Å²) in [6.07, 6.45) is 0.320. The molecule has 0 atom stereocenters. The molecule has 0 radical (unpaired) electrons. The van der Waals surface area contributed by atoms with Crippen LogP contribution in [0.1, 0.15) is 17.5 Å². The summed E-state index contributed by atoms with van der Waals surface area (Å²) in [7, 11) is 0. The number of nitrogens with zero attached hydrogens (tertiary/aromatic N) is 1. The number of benzene rings is 1. The van der Waals surface area contributed by atoms with Crippen LogP contribution in [0.2, 0.25) is 0 Å². The molecule has 4 nitrogen and oxygen atoms in total. The quantitative estimate of drug-likeness (QED) is 0.763. The number of carbonyl (C=O) groups excluding carboxylic acids is 1. The number of urea groups is 1. The lowest BCUT2D eigenvalue weighted by Crippen LogP contribution is -2.29. The van der Waals surface area contributed by atoms with E-state index in [2.05, 4.69) is 10.6 Å². The predicted molar refractivity (Wildman–Crippen MR) is 63.2 cm³/mol. The smallest absolute Gasteiger partial charge is 0.319 e. The van der Waals surface area contributed by atoms with Crippen LogP contribution in [0.5, 0.6) is 0 Å². The molecule has 0 aliphatic rings. The number of anilines is 1. The van der Waals surface area contributed by atoms with Gasteiger partial charge in [0.25, 0.3) is 0 Å². The molecule has 0 unspecified atom stereocenters. The van der Waals surface area contributed by atoms with Crippen LogP contribution < -0.4 is 10.6 Å². The Balaban J connectivity index is 2.50. The minimum Gasteiger partial charge on any atom is -0.337 e. The summed E-state index contributed by atoms with van der Waals surface area (Å²) in [4.78, 5) is 11.4. The van der Waals surface area contributed by atoms with Crippen LogP contribution in [0, 0.1) is 25.2 Å². The van der Waals surface area contributed by atoms with E-state index in [0.29, 0.717) is 13.0 Å². The highest BCUT2D eigenvalue weighted by Gasteiger charge is 2.01. The zero-order chi connectivity index (χ0) is 12.0. The number of nitrogens with one attached hydrogen (secondary N) is 2. The fraction of sp³-hybridized carbons (Fsp3) is 0.333. The number of amides is 2. The van der Waals surface area contributed by atoms with Gasteiger partial charge in [0.05, 0.1) is 12.5 Å². The normalized spacial score (nSPS) is 9.31. The van der Waals surface area contributed by atoms with Crippen LogP contribution in [0.4, 0.5) is 10.5 Å². The van der Waals surface area contributed by atoms with E-state index in [1.54, 1.807) is 0 Å². The van der Waals surface area contributed by atoms with Crippen molar-refractivity contribution in [3.05, 3.63) is 29.3 Å². The SMILES string of the molecule is Cc1ccc(NC(=O)NCCC#N)cc1C. The monoisotopic (exact) mass is 217 g/mol. The van der Waals surface area contributed by atoms with Crippen molar-refractivity contribution in [2.75, 3.05) is 11.9 Å². The summed E-state index contributed by atoms with van der Waals surface area (Å²) in [6.45, 7) is 4.38. The Labute approximate surface area is 95.3 Å². The lowest BCUT2D eigenvalue weighted by Gasteiger charge is -2.08. The summed E-state index contributed by atoms with van der Waals surface area (Å²) in [6, 6.07) is 7.41. The Kier molecular flexibility index (Phi) is 4.34. The number of carbonyl (C=O) groups is 1. The van der Waals surface area contributed by atoms with Crippen molar-refractivity contribution in [3.63, 3.8) is 0 Å². The molecule has 2 amide bonds. The second kappa shape index (κ2) is 5.76. The van der Waals surface area contributed by atoms with Crippen molar-refractivity contribution in [1.82, 2.24) is 5.32 Å². The molecule has 84 valence electrons. The highest BCUT2D eigenvalue weighted by atomic mass is 16.2. The van der Waals surface area contributed by atoms with Gasteiger partial charge >= 0.3 is 6.03 Å². The number of nitriles is 1. The molecule has 1 rings (SSSR count). The van der Waals surface area contributed by atoms with Crippen molar-refractivity contribution >= 4 is 11.7 Å². The maximum Gasteiger partial charge on any atom is 0.319 e. The van der Waals surface area contributed by atoms with Gasteiger partial charge in [-0.2, -0.15) is 5.26 Å². The molecule has 0 aromatic heterocycles. The van der Waals surface area contributed by atoms with Crippen molar-refractivity contribution in [1.29, 1.82) is 5.26 Å². The molecule has 0 spiro atoms. The molecule has 4 heteroatoms. The first-order valence-electron chi connectivity index (χ1n) is 5.12. The number of rotatable bonds is 3. The second-order valence-corrected chi connectivity index (χ2v) is 3.59. The average Bonchev–Trinajstić information content (AvgIpc) is 2.24. The van der Waals surface area contributed by atoms with Gasteiger partial charge < -0.3 is 10.6 Å². The Bertz CT molecular complexity index is 421. The van der Waals surface area contributed by atoms with Crippen LogP contribution in [0.15, 0.2) is 18.2 Å². The standard InChI is InChI=1S/C12H15N3O/c1-9-4-5-11(8-10(9)2)15-12(16)14-7-3-6-13/h4-5,8H,3,7H2,1-2H3,(H2,14,15,16). The highest BCUT2D eigenvalue weighted by molar-refractivity contribution is 5.89. The largest absolute Gasteiger partial charge is 0.337 e. The molecule has 0 aliphatic carbocycles. The van der Waals surface area contributed by atoms with Crippen molar-refractivity contribution in [2.24, 2.45) is 0 Å². The van der Waals surface area contributed by atoms with Gasteiger partial charge in [-0.1, -0.05) is 6.07 Å². The van der Waals surface area contributed by atoms with E-state index in [9.17, 15) is 4.79 Å². The minimum absolute atomic E-state index is 0.279. The summed E-state index contributed by atoms with van der Waals surface area (Å²) in [5, 5.41) is 13.6. The summed E-state index contributed by atoms with van der Waals surface area (Å²) < 4.78 is 0. The third kappa shape index (κ3) is 3.62. The number of aryl methyl sites for hydroxylation is 2. The molecule has 1 aromatic rings. The Morgan fingerprint density at radius 2 is 2.12 bits per heavy atom. The Morgan fingerprint density at radius 1 is 1.38 bits per heavy atom. The third-order valence-corrected chi connectivity index (χ3v) is 2.29. The molecule has 0 heterocycles. The number of hydrogen-bond donors (Lipinski definition) is 2. The van der Waals surface area contributed by atoms with E-state index in [4.69, 9.17) is 5.26 Å². The zero-order valence-electron chi connectivity index (χ0n) is 9.50. The highest BCUT2D eigenvalue weighted by Crippen LogP contribution is 2.13. The third-order valence-electron chi connectivity index (χ3n) is 2.29. The van der Waals surface area contributed by atoms with Gasteiger partial charge in [0.2, 0.25) is 0 Å². The minimum atomic E-state index is -0.279. The van der Waals surface area contributed by atoms with Crippen molar-refractivity contribution in [3.8, 4) is 6.07 Å². The zero-order valence-corrected chi connectivity index (χ0v) is 9.50. The molecule has 0 bridgehead atoms. The molecular weight excluding hydrogens is 202 g/mol. The molecule has 0 fully saturated rings. The van der Waals surface area contributed by atoms with E-state index >= 15 is 0 Å². The summed E-state index contributed by atoms with van der Waals surface area (Å²) >= 11 is 0. The van der Waals surface area contributed by atoms with Gasteiger partial charge in [-0.25, -0.2) is 4.79 Å². The van der Waals surface area contributed by atoms with Crippen molar-refractivity contribution < 1.29 is 4.79 Å². The number of hydrogen-bond acceptors (Lipinski definition) is 2. The van der Waals surface area contributed by atoms with Gasteiger partial charge in [-0.15, -0.1) is 0 Å². The maximum absolute atomic E-state index is 11.4. The Morgan fingerprint density at radius 3 is 2.75 bits per heavy atom. The van der Waals surface area contributed by atoms with Crippen LogP contribution in [-0.2, 0) is 0 Å². The van der Waals surface area contributed by atoms with E-state index in [1.165, 1.54) is 5.56 Å². The molecule has 1 aromatic carbocycles. The van der Waals surface area contributed by atoms with E-state index in [0.717, 1.165) is 11.3 Å². The molecule has 0 saturated carbocycles. The first kappa shape index (κ1) is 12.1. The van der Waals surface area contributed by atoms with Crippen LogP contribution in [-0.4, -0.2) is 12.6 Å². The fourth-order valence-corrected chi connectivity index (χ4v) is 1.23. The summed E-state index contributed by atoms with van der Waals surface area (Å²) in [5.41, 5.74) is 3.09. The predicted octanol–water partition coefficient (Wildman–Crippen LogP) is 2.34.